The second-order valence-electron chi connectivity index (χ2n) is 6.46. The summed E-state index contributed by atoms with van der Waals surface area (Å²) in [5, 5.41) is 12.3. The van der Waals surface area contributed by atoms with Crippen LogP contribution < -0.4 is 5.32 Å². The number of carbonyl (C=O) groups excluding carboxylic acids is 1. The summed E-state index contributed by atoms with van der Waals surface area (Å²) in [7, 11) is 0. The number of alkyl halides is 3. The van der Waals surface area contributed by atoms with Crippen LogP contribution in [0, 0.1) is 0 Å². The highest BCUT2D eigenvalue weighted by Gasteiger charge is 2.56. The number of rotatable bonds is 6. The smallest absolute Gasteiger partial charge is 0.375 e. The van der Waals surface area contributed by atoms with Gasteiger partial charge < -0.3 is 15.0 Å². The lowest BCUT2D eigenvalue weighted by atomic mass is 9.92. The first kappa shape index (κ1) is 20.9. The Balaban J connectivity index is 1.78. The third kappa shape index (κ3) is 4.60. The molecule has 3 rings (SSSR count). The van der Waals surface area contributed by atoms with E-state index in [0.29, 0.717) is 6.54 Å². The van der Waals surface area contributed by atoms with Crippen molar-refractivity contribution in [3.8, 4) is 0 Å². The highest BCUT2D eigenvalue weighted by atomic mass is 35.5. The van der Waals surface area contributed by atoms with Crippen molar-refractivity contribution in [2.75, 3.05) is 6.54 Å². The van der Waals surface area contributed by atoms with Gasteiger partial charge in [0, 0.05) is 35.1 Å². The molecule has 152 valence electrons. The van der Waals surface area contributed by atoms with Crippen molar-refractivity contribution in [3.63, 3.8) is 0 Å². The first-order valence-corrected chi connectivity index (χ1v) is 8.95. The van der Waals surface area contributed by atoms with Crippen LogP contribution in [-0.2, 0) is 12.1 Å². The summed E-state index contributed by atoms with van der Waals surface area (Å²) in [5.74, 6) is -0.743. The molecule has 3 aromatic rings. The van der Waals surface area contributed by atoms with Crippen LogP contribution in [0.4, 0.5) is 13.2 Å². The van der Waals surface area contributed by atoms with Gasteiger partial charge in [-0.1, -0.05) is 41.9 Å². The zero-order valence-electron chi connectivity index (χ0n) is 15.0. The van der Waals surface area contributed by atoms with Crippen LogP contribution in [0.3, 0.4) is 0 Å². The minimum atomic E-state index is -5.05. The summed E-state index contributed by atoms with van der Waals surface area (Å²) >= 11 is 5.86. The molecule has 0 bridgehead atoms. The van der Waals surface area contributed by atoms with Gasteiger partial charge in [0.15, 0.2) is 0 Å². The number of amides is 1. The van der Waals surface area contributed by atoms with Crippen LogP contribution in [0.1, 0.15) is 21.5 Å². The quantitative estimate of drug-likeness (QED) is 0.634. The van der Waals surface area contributed by atoms with Gasteiger partial charge in [0.1, 0.15) is 0 Å². The summed E-state index contributed by atoms with van der Waals surface area (Å²) in [4.78, 5) is 16.4. The highest BCUT2D eigenvalue weighted by Crippen LogP contribution is 2.41. The molecule has 0 saturated carbocycles. The maximum atomic E-state index is 13.6. The van der Waals surface area contributed by atoms with Crippen molar-refractivity contribution < 1.29 is 23.1 Å². The van der Waals surface area contributed by atoms with Crippen molar-refractivity contribution >= 4 is 17.5 Å². The standard InChI is InChI=1S/C20H17ClF3N3O2/c21-17-7-2-1-6-16(17)19(29,20(22,23)24)12-26-18(28)15-5-3-4-14(10-15)11-27-9-8-25-13-27/h1-10,13,29H,11-12H2,(H,26,28). The van der Waals surface area contributed by atoms with E-state index in [1.807, 2.05) is 0 Å². The SMILES string of the molecule is O=C(NCC(O)(c1ccccc1Cl)C(F)(F)F)c1cccc(Cn2ccnc2)c1. The number of aliphatic hydroxyl groups is 1. The molecule has 2 N–H and O–H groups in total. The maximum Gasteiger partial charge on any atom is 0.423 e. The number of nitrogens with one attached hydrogen (secondary N) is 1. The zero-order valence-corrected chi connectivity index (χ0v) is 15.8. The van der Waals surface area contributed by atoms with Crippen molar-refractivity contribution in [1.82, 2.24) is 14.9 Å². The molecule has 1 aromatic heterocycles. The van der Waals surface area contributed by atoms with E-state index in [0.717, 1.165) is 11.6 Å². The average molecular weight is 424 g/mol. The second-order valence-corrected chi connectivity index (χ2v) is 6.86. The monoisotopic (exact) mass is 423 g/mol. The molecule has 0 aliphatic carbocycles. The first-order chi connectivity index (χ1) is 13.7. The van der Waals surface area contributed by atoms with Gasteiger partial charge in [0.2, 0.25) is 5.60 Å². The van der Waals surface area contributed by atoms with E-state index in [-0.39, 0.29) is 10.6 Å². The van der Waals surface area contributed by atoms with E-state index < -0.39 is 29.8 Å². The van der Waals surface area contributed by atoms with Gasteiger partial charge in [0.05, 0.1) is 12.9 Å². The fraction of sp³-hybridized carbons (Fsp3) is 0.200. The van der Waals surface area contributed by atoms with Gasteiger partial charge in [-0.15, -0.1) is 0 Å². The molecule has 1 amide bonds. The molecule has 0 radical (unpaired) electrons. The van der Waals surface area contributed by atoms with Crippen molar-refractivity contribution in [2.45, 2.75) is 18.3 Å². The molecule has 0 aliphatic rings. The molecule has 0 aliphatic heterocycles. The molecule has 1 unspecified atom stereocenters. The van der Waals surface area contributed by atoms with E-state index in [1.54, 1.807) is 41.5 Å². The molecule has 1 heterocycles. The Morgan fingerprint density at radius 1 is 1.17 bits per heavy atom. The maximum absolute atomic E-state index is 13.6. The molecule has 0 saturated heterocycles. The predicted molar refractivity (Wildman–Crippen MR) is 102 cm³/mol. The third-order valence-corrected chi connectivity index (χ3v) is 4.74. The molecule has 0 spiro atoms. The molecule has 9 heteroatoms. The third-order valence-electron chi connectivity index (χ3n) is 4.41. The van der Waals surface area contributed by atoms with Crippen molar-refractivity contribution in [3.05, 3.63) is 89.0 Å². The van der Waals surface area contributed by atoms with Gasteiger partial charge in [-0.25, -0.2) is 4.98 Å². The van der Waals surface area contributed by atoms with E-state index in [2.05, 4.69) is 10.3 Å². The first-order valence-electron chi connectivity index (χ1n) is 8.58. The van der Waals surface area contributed by atoms with Crippen molar-refractivity contribution in [2.24, 2.45) is 0 Å². The minimum Gasteiger partial charge on any atom is -0.375 e. The van der Waals surface area contributed by atoms with Crippen molar-refractivity contribution in [1.29, 1.82) is 0 Å². The number of benzene rings is 2. The number of carbonyl (C=O) groups is 1. The highest BCUT2D eigenvalue weighted by molar-refractivity contribution is 6.31. The van der Waals surface area contributed by atoms with Crippen LogP contribution in [0.25, 0.3) is 0 Å². The second kappa shape index (κ2) is 8.26. The lowest BCUT2D eigenvalue weighted by Crippen LogP contribution is -2.51. The number of hydrogen-bond donors (Lipinski definition) is 2. The molecular formula is C20H17ClF3N3O2. The Labute approximate surface area is 169 Å². The Morgan fingerprint density at radius 2 is 1.93 bits per heavy atom. The fourth-order valence-corrected chi connectivity index (χ4v) is 3.15. The fourth-order valence-electron chi connectivity index (χ4n) is 2.86. The average Bonchev–Trinajstić information content (AvgIpc) is 3.18. The number of aromatic nitrogens is 2. The predicted octanol–water partition coefficient (Wildman–Crippen LogP) is 3.76. The molecule has 29 heavy (non-hydrogen) atoms. The molecule has 5 nitrogen and oxygen atoms in total. The molecule has 1 atom stereocenters. The van der Waals surface area contributed by atoms with Crippen LogP contribution in [0.5, 0.6) is 0 Å². The van der Waals surface area contributed by atoms with E-state index in [1.165, 1.54) is 24.3 Å². The summed E-state index contributed by atoms with van der Waals surface area (Å²) in [6, 6.07) is 11.6. The lowest BCUT2D eigenvalue weighted by Gasteiger charge is -2.31. The van der Waals surface area contributed by atoms with Crippen LogP contribution in [0.2, 0.25) is 5.02 Å². The van der Waals surface area contributed by atoms with Gasteiger partial charge in [-0.2, -0.15) is 13.2 Å². The Hall–Kier alpha value is -2.84. The van der Waals surface area contributed by atoms with Gasteiger partial charge in [-0.05, 0) is 23.8 Å². The normalized spacial score (nSPS) is 13.7. The zero-order chi connectivity index (χ0) is 21.1. The van der Waals surface area contributed by atoms with Gasteiger partial charge >= 0.3 is 6.18 Å². The number of halogens is 4. The lowest BCUT2D eigenvalue weighted by molar-refractivity contribution is -0.263. The number of nitrogens with zero attached hydrogens (tertiary/aromatic N) is 2. The molecular weight excluding hydrogens is 407 g/mol. The van der Waals surface area contributed by atoms with Gasteiger partial charge in [-0.3, -0.25) is 4.79 Å². The topological polar surface area (TPSA) is 67.2 Å². The number of imidazole rings is 1. The Morgan fingerprint density at radius 3 is 2.59 bits per heavy atom. The molecule has 0 fully saturated rings. The van der Waals surface area contributed by atoms with E-state index in [9.17, 15) is 23.1 Å². The summed E-state index contributed by atoms with van der Waals surface area (Å²) < 4.78 is 42.7. The number of hydrogen-bond acceptors (Lipinski definition) is 3. The largest absolute Gasteiger partial charge is 0.423 e. The van der Waals surface area contributed by atoms with E-state index in [4.69, 9.17) is 11.6 Å². The van der Waals surface area contributed by atoms with Crippen LogP contribution in [-0.4, -0.2) is 33.3 Å². The Bertz CT molecular complexity index is 993. The van der Waals surface area contributed by atoms with E-state index >= 15 is 0 Å². The summed E-state index contributed by atoms with van der Waals surface area (Å²) in [6.07, 6.45) is -0.0721. The molecule has 2 aromatic carbocycles. The van der Waals surface area contributed by atoms with Crippen LogP contribution >= 0.6 is 11.6 Å². The van der Waals surface area contributed by atoms with Crippen LogP contribution in [0.15, 0.2) is 67.3 Å². The summed E-state index contributed by atoms with van der Waals surface area (Å²) in [6.45, 7) is -0.627. The minimum absolute atomic E-state index is 0.172. The Kier molecular flexibility index (Phi) is 5.95. The summed E-state index contributed by atoms with van der Waals surface area (Å²) in [5.41, 5.74) is -2.91. The van der Waals surface area contributed by atoms with Gasteiger partial charge in [0.25, 0.3) is 5.91 Å².